The number of esters is 1. The quantitative estimate of drug-likeness (QED) is 0.0320. The molecule has 0 aliphatic heterocycles. The molecule has 1 amide bonds. The minimum Gasteiger partial charge on any atom is -0.466 e. The van der Waals surface area contributed by atoms with Crippen LogP contribution < -0.4 is 5.32 Å². The monoisotopic (exact) mass is 1290 g/mol. The van der Waals surface area contributed by atoms with E-state index < -0.39 is 12.1 Å². The van der Waals surface area contributed by atoms with Gasteiger partial charge in [-0.25, -0.2) is 0 Å². The van der Waals surface area contributed by atoms with Crippen LogP contribution in [0.1, 0.15) is 450 Å². The van der Waals surface area contributed by atoms with Gasteiger partial charge in [-0.1, -0.05) is 402 Å². The van der Waals surface area contributed by atoms with Crippen LogP contribution in [0.15, 0.2) is 60.8 Å². The second kappa shape index (κ2) is 81.0. The molecule has 2 atom stereocenters. The van der Waals surface area contributed by atoms with Gasteiger partial charge in [0.1, 0.15) is 0 Å². The second-order valence-electron chi connectivity index (χ2n) is 28.4. The van der Waals surface area contributed by atoms with E-state index in [-0.39, 0.29) is 18.5 Å². The lowest BCUT2D eigenvalue weighted by Gasteiger charge is -2.20. The molecule has 92 heavy (non-hydrogen) atoms. The van der Waals surface area contributed by atoms with E-state index in [0.29, 0.717) is 19.4 Å². The van der Waals surface area contributed by atoms with Crippen molar-refractivity contribution < 1.29 is 24.5 Å². The molecule has 0 spiro atoms. The zero-order valence-corrected chi connectivity index (χ0v) is 62.0. The summed E-state index contributed by atoms with van der Waals surface area (Å²) in [4.78, 5) is 24.6. The van der Waals surface area contributed by atoms with Crippen molar-refractivity contribution in [1.29, 1.82) is 0 Å². The maximum atomic E-state index is 12.6. The van der Waals surface area contributed by atoms with E-state index in [1.807, 2.05) is 6.08 Å². The van der Waals surface area contributed by atoms with E-state index >= 15 is 0 Å². The average molecular weight is 1290 g/mol. The summed E-state index contributed by atoms with van der Waals surface area (Å²) in [6.45, 7) is 4.92. The predicted octanol–water partition coefficient (Wildman–Crippen LogP) is 27.7. The van der Waals surface area contributed by atoms with Crippen LogP contribution in [0, 0.1) is 0 Å². The summed E-state index contributed by atoms with van der Waals surface area (Å²) in [7, 11) is 0. The summed E-state index contributed by atoms with van der Waals surface area (Å²) in [5, 5.41) is 23.3. The van der Waals surface area contributed by atoms with Gasteiger partial charge in [0, 0.05) is 12.8 Å². The predicted molar refractivity (Wildman–Crippen MR) is 407 cm³/mol. The van der Waals surface area contributed by atoms with Gasteiger partial charge in [0.25, 0.3) is 0 Å². The van der Waals surface area contributed by atoms with E-state index in [2.05, 4.69) is 67.8 Å². The van der Waals surface area contributed by atoms with Gasteiger partial charge in [0.05, 0.1) is 25.4 Å². The Balaban J connectivity index is 3.39. The Labute approximate surface area is 575 Å². The molecule has 0 fully saturated rings. The van der Waals surface area contributed by atoms with E-state index in [1.165, 1.54) is 366 Å². The maximum Gasteiger partial charge on any atom is 0.305 e. The van der Waals surface area contributed by atoms with Gasteiger partial charge in [0.2, 0.25) is 5.91 Å². The van der Waals surface area contributed by atoms with Crippen molar-refractivity contribution in [2.75, 3.05) is 13.2 Å². The molecule has 0 aromatic carbocycles. The molecule has 0 saturated heterocycles. The Morgan fingerprint density at radius 3 is 0.837 bits per heavy atom. The molecule has 2 unspecified atom stereocenters. The van der Waals surface area contributed by atoms with Crippen molar-refractivity contribution in [2.24, 2.45) is 0 Å². The van der Waals surface area contributed by atoms with Crippen LogP contribution in [0.3, 0.4) is 0 Å². The lowest BCUT2D eigenvalue weighted by molar-refractivity contribution is -0.143. The van der Waals surface area contributed by atoms with Gasteiger partial charge < -0.3 is 20.3 Å². The fraction of sp³-hybridized carbons (Fsp3) is 0.860. The first kappa shape index (κ1) is 89.6. The number of hydrogen-bond acceptors (Lipinski definition) is 5. The second-order valence-corrected chi connectivity index (χ2v) is 28.4. The number of nitrogens with one attached hydrogen (secondary N) is 1. The molecule has 0 aliphatic rings. The van der Waals surface area contributed by atoms with E-state index in [4.69, 9.17) is 4.74 Å². The summed E-state index contributed by atoms with van der Waals surface area (Å²) in [5.74, 6) is -0.0557. The standard InChI is InChI=1S/C86H161NO5/c1-3-5-7-9-11-13-15-17-19-21-22-23-41-44-47-50-54-58-62-66-70-74-78-84(89)83(82-88)87-85(90)79-75-71-67-63-59-55-51-48-45-42-39-37-35-33-31-29-27-25-24-26-28-30-32-34-36-38-40-43-46-49-53-57-61-65-69-73-77-81-92-86(91)80-76-72-68-64-60-56-52-20-18-16-14-12-10-8-6-4-2/h14,16,20,24,26,30,32,52,74,78,83-84,88-89H,3-13,15,17-19,21-23,25,27-29,31,33-51,53-73,75-77,79-82H2,1-2H3,(H,87,90)/b16-14-,26-24-,32-30-,52-20-,78-74+. The molecule has 0 radical (unpaired) electrons. The number of aliphatic hydroxyl groups excluding tert-OH is 2. The Bertz CT molecular complexity index is 1580. The van der Waals surface area contributed by atoms with Crippen molar-refractivity contribution in [3.63, 3.8) is 0 Å². The molecule has 3 N–H and O–H groups in total. The molecule has 6 nitrogen and oxygen atoms in total. The Kier molecular flexibility index (Phi) is 78.8. The van der Waals surface area contributed by atoms with Crippen LogP contribution in [0.5, 0.6) is 0 Å². The lowest BCUT2D eigenvalue weighted by atomic mass is 10.0. The number of hydrogen-bond donors (Lipinski definition) is 3. The number of amides is 1. The summed E-state index contributed by atoms with van der Waals surface area (Å²) in [5.41, 5.74) is 0. The summed E-state index contributed by atoms with van der Waals surface area (Å²) >= 11 is 0. The molecule has 0 heterocycles. The fourth-order valence-corrected chi connectivity index (χ4v) is 12.9. The SMILES string of the molecule is CCCCCC/C=C\C/C=C\CCCCCCCC(=O)OCCCCCCCCCCCCCCC/C=C\C/C=C\CCCCCCCCCCCCCCCCCCCC(=O)NC(CO)C(O)/C=C/CCCCCCCCCCCCCCCCCCCCCC. The van der Waals surface area contributed by atoms with Crippen molar-refractivity contribution >= 4 is 11.9 Å². The smallest absolute Gasteiger partial charge is 0.305 e. The summed E-state index contributed by atoms with van der Waals surface area (Å²) in [6.07, 6.45) is 109. The van der Waals surface area contributed by atoms with Crippen LogP contribution >= 0.6 is 0 Å². The van der Waals surface area contributed by atoms with Crippen LogP contribution in [-0.2, 0) is 14.3 Å². The number of carbonyl (C=O) groups is 2. The van der Waals surface area contributed by atoms with E-state index in [0.717, 1.165) is 57.8 Å². The molecule has 540 valence electrons. The molecule has 0 aromatic rings. The average Bonchev–Trinajstić information content (AvgIpc) is 3.61. The largest absolute Gasteiger partial charge is 0.466 e. The number of ether oxygens (including phenoxy) is 1. The molecule has 0 aliphatic carbocycles. The third-order valence-electron chi connectivity index (χ3n) is 19.3. The third kappa shape index (κ3) is 76.6. The van der Waals surface area contributed by atoms with Crippen LogP contribution in [0.2, 0.25) is 0 Å². The van der Waals surface area contributed by atoms with Gasteiger partial charge in [0.15, 0.2) is 0 Å². The van der Waals surface area contributed by atoms with Gasteiger partial charge in [-0.15, -0.1) is 0 Å². The lowest BCUT2D eigenvalue weighted by Crippen LogP contribution is -2.45. The highest BCUT2D eigenvalue weighted by Crippen LogP contribution is 2.19. The molecular weight excluding hydrogens is 1130 g/mol. The van der Waals surface area contributed by atoms with Crippen molar-refractivity contribution in [1.82, 2.24) is 5.32 Å². The van der Waals surface area contributed by atoms with Crippen molar-refractivity contribution in [3.8, 4) is 0 Å². The number of allylic oxidation sites excluding steroid dienone is 9. The van der Waals surface area contributed by atoms with Crippen molar-refractivity contribution in [2.45, 2.75) is 463 Å². The first-order valence-corrected chi connectivity index (χ1v) is 41.6. The maximum absolute atomic E-state index is 12.6. The number of carbonyl (C=O) groups excluding carboxylic acids is 2. The molecule has 0 aromatic heterocycles. The first-order chi connectivity index (χ1) is 45.5. The third-order valence-corrected chi connectivity index (χ3v) is 19.3. The van der Waals surface area contributed by atoms with E-state index in [1.54, 1.807) is 6.08 Å². The first-order valence-electron chi connectivity index (χ1n) is 41.6. The highest BCUT2D eigenvalue weighted by Gasteiger charge is 2.18. The molecule has 0 saturated carbocycles. The van der Waals surface area contributed by atoms with Gasteiger partial charge in [-0.05, 0) is 96.3 Å². The molecule has 6 heteroatoms. The van der Waals surface area contributed by atoms with Crippen molar-refractivity contribution in [3.05, 3.63) is 60.8 Å². The molecule has 0 rings (SSSR count). The zero-order valence-electron chi connectivity index (χ0n) is 62.0. The minimum atomic E-state index is -0.845. The van der Waals surface area contributed by atoms with Crippen LogP contribution in [-0.4, -0.2) is 47.4 Å². The number of rotatable bonds is 78. The van der Waals surface area contributed by atoms with Gasteiger partial charge >= 0.3 is 5.97 Å². The molecular formula is C86H161NO5. The number of unbranched alkanes of at least 4 members (excludes halogenated alkanes) is 59. The Morgan fingerprint density at radius 1 is 0.304 bits per heavy atom. The number of aliphatic hydroxyl groups is 2. The highest BCUT2D eigenvalue weighted by molar-refractivity contribution is 5.76. The van der Waals surface area contributed by atoms with Crippen LogP contribution in [0.4, 0.5) is 0 Å². The fourth-order valence-electron chi connectivity index (χ4n) is 12.9. The van der Waals surface area contributed by atoms with Gasteiger partial charge in [-0.2, -0.15) is 0 Å². The Morgan fingerprint density at radius 2 is 0.543 bits per heavy atom. The minimum absolute atomic E-state index is 0.00535. The Hall–Kier alpha value is -2.44. The van der Waals surface area contributed by atoms with E-state index in [9.17, 15) is 19.8 Å². The zero-order chi connectivity index (χ0) is 66.3. The normalized spacial score (nSPS) is 12.8. The summed E-state index contributed by atoms with van der Waals surface area (Å²) in [6, 6.07) is -0.628. The highest BCUT2D eigenvalue weighted by atomic mass is 16.5. The molecule has 0 bridgehead atoms. The topological polar surface area (TPSA) is 95.9 Å². The summed E-state index contributed by atoms with van der Waals surface area (Å²) < 4.78 is 5.50. The van der Waals surface area contributed by atoms with Gasteiger partial charge in [-0.3, -0.25) is 9.59 Å². The van der Waals surface area contributed by atoms with Crippen LogP contribution in [0.25, 0.3) is 0 Å².